The molecule has 0 aromatic carbocycles. The van der Waals surface area contributed by atoms with Crippen LogP contribution in [0.2, 0.25) is 0 Å². The SMILES string of the molecule is Cc1noc(C)c1O. The summed E-state index contributed by atoms with van der Waals surface area (Å²) in [6, 6.07) is 0. The average molecular weight is 113 g/mol. The van der Waals surface area contributed by atoms with E-state index in [1.54, 1.807) is 13.8 Å². The van der Waals surface area contributed by atoms with Gasteiger partial charge in [0.25, 0.3) is 0 Å². The van der Waals surface area contributed by atoms with Gasteiger partial charge in [-0.3, -0.25) is 0 Å². The summed E-state index contributed by atoms with van der Waals surface area (Å²) in [5, 5.41) is 12.4. The van der Waals surface area contributed by atoms with Gasteiger partial charge in [0.05, 0.1) is 0 Å². The van der Waals surface area contributed by atoms with Crippen LogP contribution in [0.25, 0.3) is 0 Å². The first-order valence-electron chi connectivity index (χ1n) is 2.33. The molecule has 3 nitrogen and oxygen atoms in total. The van der Waals surface area contributed by atoms with Crippen LogP contribution in [-0.4, -0.2) is 10.3 Å². The molecule has 0 saturated heterocycles. The van der Waals surface area contributed by atoms with Crippen molar-refractivity contribution in [3.05, 3.63) is 11.5 Å². The van der Waals surface area contributed by atoms with Crippen LogP contribution in [0.1, 0.15) is 11.5 Å². The van der Waals surface area contributed by atoms with Crippen LogP contribution in [0, 0.1) is 13.8 Å². The largest absolute Gasteiger partial charge is 0.503 e. The average Bonchev–Trinajstić information content (AvgIpc) is 1.98. The van der Waals surface area contributed by atoms with E-state index in [0.717, 1.165) is 0 Å². The van der Waals surface area contributed by atoms with Crippen LogP contribution in [0.15, 0.2) is 4.52 Å². The summed E-state index contributed by atoms with van der Waals surface area (Å²) in [4.78, 5) is 0. The minimum absolute atomic E-state index is 0.157. The normalized spacial score (nSPS) is 9.75. The van der Waals surface area contributed by atoms with Gasteiger partial charge in [-0.25, -0.2) is 0 Å². The second-order valence-electron chi connectivity index (χ2n) is 1.67. The van der Waals surface area contributed by atoms with Gasteiger partial charge in [0, 0.05) is 6.92 Å². The number of nitrogens with zero attached hydrogens (tertiary/aromatic N) is 1. The van der Waals surface area contributed by atoms with Crippen LogP contribution >= 0.6 is 0 Å². The van der Waals surface area contributed by atoms with E-state index in [9.17, 15) is 0 Å². The lowest BCUT2D eigenvalue weighted by atomic mass is 10.4. The van der Waals surface area contributed by atoms with Crippen molar-refractivity contribution in [1.82, 2.24) is 5.16 Å². The molecular weight excluding hydrogens is 106 g/mol. The minimum atomic E-state index is 0.157. The molecule has 0 amide bonds. The second-order valence-corrected chi connectivity index (χ2v) is 1.67. The Labute approximate surface area is 46.9 Å². The van der Waals surface area contributed by atoms with Gasteiger partial charge in [-0.15, -0.1) is 0 Å². The number of aromatic hydroxyl groups is 1. The molecule has 8 heavy (non-hydrogen) atoms. The number of hydrogen-bond donors (Lipinski definition) is 1. The van der Waals surface area contributed by atoms with Crippen molar-refractivity contribution in [1.29, 1.82) is 0 Å². The van der Waals surface area contributed by atoms with Crippen molar-refractivity contribution in [3.63, 3.8) is 0 Å². The van der Waals surface area contributed by atoms with E-state index in [1.807, 2.05) is 0 Å². The summed E-state index contributed by atoms with van der Waals surface area (Å²) >= 11 is 0. The fourth-order valence-corrected chi connectivity index (χ4v) is 0.478. The lowest BCUT2D eigenvalue weighted by Crippen LogP contribution is -1.66. The first-order chi connectivity index (χ1) is 3.72. The molecule has 1 N–H and O–H groups in total. The second kappa shape index (κ2) is 1.51. The molecule has 0 aliphatic heterocycles. The zero-order chi connectivity index (χ0) is 6.15. The Morgan fingerprint density at radius 2 is 2.12 bits per heavy atom. The van der Waals surface area contributed by atoms with Crippen LogP contribution in [-0.2, 0) is 0 Å². The lowest BCUT2D eigenvalue weighted by molar-refractivity contribution is 0.382. The molecule has 0 unspecified atom stereocenters. The maximum atomic E-state index is 8.89. The van der Waals surface area contributed by atoms with Gasteiger partial charge in [-0.1, -0.05) is 5.16 Å². The van der Waals surface area contributed by atoms with E-state index in [1.165, 1.54) is 0 Å². The third kappa shape index (κ3) is 0.559. The van der Waals surface area contributed by atoms with E-state index < -0.39 is 0 Å². The van der Waals surface area contributed by atoms with Gasteiger partial charge >= 0.3 is 0 Å². The highest BCUT2D eigenvalue weighted by atomic mass is 16.5. The standard InChI is InChI=1S/C5H7NO2/c1-3-5(7)4(2)8-6-3/h7H,1-2H3. The molecular formula is C5H7NO2. The molecule has 0 aliphatic carbocycles. The van der Waals surface area contributed by atoms with E-state index in [0.29, 0.717) is 11.5 Å². The van der Waals surface area contributed by atoms with Gasteiger partial charge in [-0.05, 0) is 6.92 Å². The predicted molar refractivity (Wildman–Crippen MR) is 27.6 cm³/mol. The van der Waals surface area contributed by atoms with Crippen molar-refractivity contribution in [2.75, 3.05) is 0 Å². The molecule has 0 fully saturated rings. The molecule has 1 heterocycles. The first-order valence-corrected chi connectivity index (χ1v) is 2.33. The first kappa shape index (κ1) is 5.15. The van der Waals surface area contributed by atoms with Gasteiger partial charge in [0.2, 0.25) is 0 Å². The molecule has 0 radical (unpaired) electrons. The lowest BCUT2D eigenvalue weighted by Gasteiger charge is -1.80. The molecule has 0 saturated carbocycles. The Hall–Kier alpha value is -0.990. The van der Waals surface area contributed by atoms with Crippen LogP contribution in [0.5, 0.6) is 5.75 Å². The third-order valence-electron chi connectivity index (χ3n) is 0.996. The Kier molecular flexibility index (Phi) is 0.970. The molecule has 3 heteroatoms. The zero-order valence-electron chi connectivity index (χ0n) is 4.80. The van der Waals surface area contributed by atoms with E-state index in [-0.39, 0.29) is 5.75 Å². The van der Waals surface area contributed by atoms with Crippen molar-refractivity contribution < 1.29 is 9.63 Å². The molecule has 1 aromatic heterocycles. The molecule has 0 aliphatic rings. The molecule has 1 rings (SSSR count). The van der Waals surface area contributed by atoms with Crippen LogP contribution < -0.4 is 0 Å². The predicted octanol–water partition coefficient (Wildman–Crippen LogP) is 0.997. The fraction of sp³-hybridized carbons (Fsp3) is 0.400. The topological polar surface area (TPSA) is 46.3 Å². The maximum Gasteiger partial charge on any atom is 0.181 e. The smallest absolute Gasteiger partial charge is 0.181 e. The highest BCUT2D eigenvalue weighted by molar-refractivity contribution is 5.25. The van der Waals surface area contributed by atoms with E-state index >= 15 is 0 Å². The van der Waals surface area contributed by atoms with E-state index in [4.69, 9.17) is 5.11 Å². The Balaban J connectivity index is 3.19. The summed E-state index contributed by atoms with van der Waals surface area (Å²) in [7, 11) is 0. The molecule has 44 valence electrons. The number of aromatic nitrogens is 1. The highest BCUT2D eigenvalue weighted by Gasteiger charge is 2.03. The van der Waals surface area contributed by atoms with Gasteiger partial charge in [0.15, 0.2) is 11.5 Å². The molecule has 0 spiro atoms. The van der Waals surface area contributed by atoms with Crippen LogP contribution in [0.3, 0.4) is 0 Å². The number of rotatable bonds is 0. The van der Waals surface area contributed by atoms with Crippen molar-refractivity contribution in [2.24, 2.45) is 0 Å². The number of aryl methyl sites for hydroxylation is 2. The Bertz CT molecular complexity index is 173. The monoisotopic (exact) mass is 113 g/mol. The third-order valence-corrected chi connectivity index (χ3v) is 0.996. The maximum absolute atomic E-state index is 8.89. The zero-order valence-corrected chi connectivity index (χ0v) is 4.80. The number of hydrogen-bond acceptors (Lipinski definition) is 3. The summed E-state index contributed by atoms with van der Waals surface area (Å²) in [5.41, 5.74) is 0.544. The summed E-state index contributed by atoms with van der Waals surface area (Å²) in [6.07, 6.45) is 0. The van der Waals surface area contributed by atoms with E-state index in [2.05, 4.69) is 9.68 Å². The van der Waals surface area contributed by atoms with Crippen molar-refractivity contribution in [3.8, 4) is 5.75 Å². The van der Waals surface area contributed by atoms with Crippen molar-refractivity contribution in [2.45, 2.75) is 13.8 Å². The molecule has 1 aromatic rings. The van der Waals surface area contributed by atoms with Gasteiger partial charge < -0.3 is 9.63 Å². The Morgan fingerprint density at radius 3 is 2.25 bits per heavy atom. The van der Waals surface area contributed by atoms with Crippen LogP contribution in [0.4, 0.5) is 0 Å². The summed E-state index contributed by atoms with van der Waals surface area (Å²) < 4.78 is 4.59. The van der Waals surface area contributed by atoms with Crippen molar-refractivity contribution >= 4 is 0 Å². The van der Waals surface area contributed by atoms with Gasteiger partial charge in [0.1, 0.15) is 5.69 Å². The Morgan fingerprint density at radius 1 is 1.50 bits per heavy atom. The minimum Gasteiger partial charge on any atom is -0.503 e. The highest BCUT2D eigenvalue weighted by Crippen LogP contribution is 2.18. The molecule has 0 atom stereocenters. The summed E-state index contributed by atoms with van der Waals surface area (Å²) in [6.45, 7) is 3.35. The summed E-state index contributed by atoms with van der Waals surface area (Å²) in [5.74, 6) is 0.632. The fourth-order valence-electron chi connectivity index (χ4n) is 0.478. The van der Waals surface area contributed by atoms with Gasteiger partial charge in [-0.2, -0.15) is 0 Å². The molecule has 0 bridgehead atoms. The quantitative estimate of drug-likeness (QED) is 0.545.